The zero-order valence-electron chi connectivity index (χ0n) is 12.9. The number of thiophene rings is 1. The molecule has 0 spiro atoms. The Balaban J connectivity index is 1.94. The van der Waals surface area contributed by atoms with Crippen molar-refractivity contribution in [3.05, 3.63) is 16.3 Å². The molecule has 0 atom stereocenters. The van der Waals surface area contributed by atoms with Crippen LogP contribution in [0.15, 0.2) is 16.3 Å². The number of carboxylic acids is 1. The van der Waals surface area contributed by atoms with E-state index in [0.717, 1.165) is 29.2 Å². The Hall–Kier alpha value is -1.05. The minimum Gasteiger partial charge on any atom is -0.480 e. The van der Waals surface area contributed by atoms with Gasteiger partial charge in [-0.1, -0.05) is 6.92 Å². The Labute approximate surface area is 139 Å². The number of carbonyl (C=O) groups excluding carboxylic acids is 1. The number of amides is 1. The van der Waals surface area contributed by atoms with Crippen molar-refractivity contribution in [2.24, 2.45) is 0 Å². The van der Waals surface area contributed by atoms with Crippen molar-refractivity contribution in [3.8, 4) is 0 Å². The van der Waals surface area contributed by atoms with E-state index < -0.39 is 5.97 Å². The summed E-state index contributed by atoms with van der Waals surface area (Å²) in [6.07, 6.45) is 3.66. The minimum absolute atomic E-state index is 0.0800. The van der Waals surface area contributed by atoms with Gasteiger partial charge in [0.15, 0.2) is 0 Å². The van der Waals surface area contributed by atoms with Crippen molar-refractivity contribution >= 4 is 35.0 Å². The van der Waals surface area contributed by atoms with Crippen LogP contribution in [0.2, 0.25) is 0 Å². The molecule has 0 saturated carbocycles. The molecule has 1 N–H and O–H groups in total. The van der Waals surface area contributed by atoms with Gasteiger partial charge in [0.1, 0.15) is 4.88 Å². The van der Waals surface area contributed by atoms with E-state index in [4.69, 9.17) is 5.11 Å². The molecule has 0 unspecified atom stereocenters. The summed E-state index contributed by atoms with van der Waals surface area (Å²) in [6, 6.07) is 2.24. The smallest absolute Gasteiger partial charge is 0.317 e. The second-order valence-corrected chi connectivity index (χ2v) is 7.06. The first-order valence-corrected chi connectivity index (χ1v) is 9.53. The number of thioether (sulfide) groups is 1. The van der Waals surface area contributed by atoms with Gasteiger partial charge in [-0.25, -0.2) is 0 Å². The molecule has 0 aromatic carbocycles. The van der Waals surface area contributed by atoms with Crippen molar-refractivity contribution in [1.82, 2.24) is 9.80 Å². The molecule has 122 valence electrons. The van der Waals surface area contributed by atoms with Gasteiger partial charge >= 0.3 is 5.97 Å². The third kappa shape index (κ3) is 4.02. The lowest BCUT2D eigenvalue weighted by Gasteiger charge is -2.37. The van der Waals surface area contributed by atoms with Crippen molar-refractivity contribution in [1.29, 1.82) is 0 Å². The monoisotopic (exact) mass is 342 g/mol. The van der Waals surface area contributed by atoms with Gasteiger partial charge in [0.2, 0.25) is 0 Å². The van der Waals surface area contributed by atoms with Crippen molar-refractivity contribution in [3.63, 3.8) is 0 Å². The van der Waals surface area contributed by atoms with Gasteiger partial charge in [-0.2, -0.15) is 0 Å². The first-order chi connectivity index (χ1) is 10.6. The molecule has 2 heterocycles. The number of carbonyl (C=O) groups is 2. The lowest BCUT2D eigenvalue weighted by molar-refractivity contribution is -0.139. The highest BCUT2D eigenvalue weighted by molar-refractivity contribution is 7.98. The SMILES string of the molecule is CCN(CC(=O)O)C1CCN(C(=O)c2sccc2SC)CC1. The highest BCUT2D eigenvalue weighted by Gasteiger charge is 2.28. The third-order valence-corrected chi connectivity index (χ3v) is 5.87. The normalized spacial score (nSPS) is 16.2. The number of hydrogen-bond acceptors (Lipinski definition) is 5. The summed E-state index contributed by atoms with van der Waals surface area (Å²) in [6.45, 7) is 4.19. The zero-order valence-corrected chi connectivity index (χ0v) is 14.6. The number of piperidine rings is 1. The molecule has 0 radical (unpaired) electrons. The largest absolute Gasteiger partial charge is 0.480 e. The molecule has 1 saturated heterocycles. The van der Waals surface area contributed by atoms with Crippen LogP contribution < -0.4 is 0 Å². The Kier molecular flexibility index (Phi) is 6.28. The predicted molar refractivity (Wildman–Crippen MR) is 89.9 cm³/mol. The van der Waals surface area contributed by atoms with Gasteiger partial charge in [-0.05, 0) is 37.1 Å². The van der Waals surface area contributed by atoms with Gasteiger partial charge < -0.3 is 10.0 Å². The molecule has 0 aliphatic carbocycles. The van der Waals surface area contributed by atoms with Gasteiger partial charge in [0, 0.05) is 24.0 Å². The van der Waals surface area contributed by atoms with Gasteiger partial charge in [-0.15, -0.1) is 23.1 Å². The summed E-state index contributed by atoms with van der Waals surface area (Å²) in [5.41, 5.74) is 0. The molecular formula is C15H22N2O3S2. The van der Waals surface area contributed by atoms with Crippen LogP contribution in [0.5, 0.6) is 0 Å². The maximum atomic E-state index is 12.6. The predicted octanol–water partition coefficient (Wildman–Crippen LogP) is 2.48. The maximum Gasteiger partial charge on any atom is 0.317 e. The van der Waals surface area contributed by atoms with Crippen molar-refractivity contribution < 1.29 is 14.7 Å². The Morgan fingerprint density at radius 1 is 1.45 bits per heavy atom. The third-order valence-electron chi connectivity index (χ3n) is 4.06. The fourth-order valence-corrected chi connectivity index (χ4v) is 4.58. The molecule has 0 bridgehead atoms. The average Bonchev–Trinajstić information content (AvgIpc) is 3.00. The van der Waals surface area contributed by atoms with E-state index in [1.165, 1.54) is 11.3 Å². The van der Waals surface area contributed by atoms with E-state index in [2.05, 4.69) is 0 Å². The Morgan fingerprint density at radius 2 is 2.14 bits per heavy atom. The number of nitrogens with zero attached hydrogens (tertiary/aromatic N) is 2. The van der Waals surface area contributed by atoms with Crippen LogP contribution in [-0.2, 0) is 4.79 Å². The van der Waals surface area contributed by atoms with Gasteiger partial charge in [-0.3, -0.25) is 14.5 Å². The zero-order chi connectivity index (χ0) is 16.1. The molecule has 1 aromatic heterocycles. The minimum atomic E-state index is -0.788. The van der Waals surface area contributed by atoms with Crippen LogP contribution in [0.4, 0.5) is 0 Å². The van der Waals surface area contributed by atoms with Crippen LogP contribution in [0, 0.1) is 0 Å². The lowest BCUT2D eigenvalue weighted by atomic mass is 10.0. The van der Waals surface area contributed by atoms with Crippen LogP contribution in [0.3, 0.4) is 0 Å². The van der Waals surface area contributed by atoms with E-state index in [0.29, 0.717) is 13.1 Å². The molecule has 1 aromatic rings. The molecule has 1 fully saturated rings. The molecule has 1 aliphatic rings. The number of carboxylic acid groups (broad SMARTS) is 1. The quantitative estimate of drug-likeness (QED) is 0.805. The van der Waals surface area contributed by atoms with Crippen molar-refractivity contribution in [2.45, 2.75) is 30.7 Å². The molecule has 22 heavy (non-hydrogen) atoms. The van der Waals surface area contributed by atoms with Crippen LogP contribution in [0.1, 0.15) is 29.4 Å². The maximum absolute atomic E-state index is 12.6. The average molecular weight is 342 g/mol. The van der Waals surface area contributed by atoms with E-state index in [-0.39, 0.29) is 18.5 Å². The second-order valence-electron chi connectivity index (χ2n) is 5.30. The highest BCUT2D eigenvalue weighted by Crippen LogP contribution is 2.28. The summed E-state index contributed by atoms with van der Waals surface area (Å²) >= 11 is 3.10. The molecule has 1 aliphatic heterocycles. The van der Waals surface area contributed by atoms with E-state index >= 15 is 0 Å². The second kappa shape index (κ2) is 7.99. The molecular weight excluding hydrogens is 320 g/mol. The van der Waals surface area contributed by atoms with Gasteiger partial charge in [0.05, 0.1) is 6.54 Å². The van der Waals surface area contributed by atoms with Crippen molar-refractivity contribution in [2.75, 3.05) is 32.4 Å². The molecule has 5 nitrogen and oxygen atoms in total. The standard InChI is InChI=1S/C15H22N2O3S2/c1-3-16(10-13(18)19)11-4-7-17(8-5-11)15(20)14-12(21-2)6-9-22-14/h6,9,11H,3-5,7-8,10H2,1-2H3,(H,18,19). The fourth-order valence-electron chi connectivity index (χ4n) is 2.86. The number of likely N-dealkylation sites (N-methyl/N-ethyl adjacent to an activating group) is 1. The topological polar surface area (TPSA) is 60.9 Å². The van der Waals surface area contributed by atoms with Crippen LogP contribution in [-0.4, -0.2) is 65.3 Å². The number of rotatable bonds is 6. The Bertz CT molecular complexity index is 525. The summed E-state index contributed by atoms with van der Waals surface area (Å²) in [4.78, 5) is 29.2. The molecule has 2 rings (SSSR count). The summed E-state index contributed by atoms with van der Waals surface area (Å²) < 4.78 is 0. The first kappa shape index (κ1) is 17.3. The van der Waals surface area contributed by atoms with E-state index in [9.17, 15) is 9.59 Å². The highest BCUT2D eigenvalue weighted by atomic mass is 32.2. The lowest BCUT2D eigenvalue weighted by Crippen LogP contribution is -2.48. The Morgan fingerprint density at radius 3 is 2.68 bits per heavy atom. The number of likely N-dealkylation sites (tertiary alicyclic amines) is 1. The fraction of sp³-hybridized carbons (Fsp3) is 0.600. The molecule has 1 amide bonds. The summed E-state index contributed by atoms with van der Waals surface area (Å²) in [5.74, 6) is -0.678. The van der Waals surface area contributed by atoms with Crippen LogP contribution in [0.25, 0.3) is 0 Å². The van der Waals surface area contributed by atoms with E-state index in [1.54, 1.807) is 11.8 Å². The van der Waals surface area contributed by atoms with Crippen LogP contribution >= 0.6 is 23.1 Å². The number of aliphatic carboxylic acids is 1. The van der Waals surface area contributed by atoms with Gasteiger partial charge in [0.25, 0.3) is 5.91 Å². The molecule has 7 heteroatoms. The summed E-state index contributed by atoms with van der Waals surface area (Å²) in [7, 11) is 0. The van der Waals surface area contributed by atoms with E-state index in [1.807, 2.05) is 34.4 Å². The number of hydrogen-bond donors (Lipinski definition) is 1. The first-order valence-electron chi connectivity index (χ1n) is 7.43. The summed E-state index contributed by atoms with van der Waals surface area (Å²) in [5, 5.41) is 10.9.